The first-order valence-electron chi connectivity index (χ1n) is 3.84. The number of rotatable bonds is 1. The van der Waals surface area contributed by atoms with E-state index in [1.165, 1.54) is 0 Å². The molecule has 1 saturated heterocycles. The fourth-order valence-corrected chi connectivity index (χ4v) is 0.990. The number of hydrogen-bond acceptors (Lipinski definition) is 3. The topological polar surface area (TPSA) is 27.3 Å². The minimum absolute atomic E-state index is 0.327. The van der Waals surface area contributed by atoms with Crippen molar-refractivity contribution in [2.75, 3.05) is 6.54 Å². The van der Waals surface area contributed by atoms with Crippen molar-refractivity contribution in [1.29, 1.82) is 0 Å². The summed E-state index contributed by atoms with van der Waals surface area (Å²) < 4.78 is 2.10. The fraction of sp³-hybridized carbons (Fsp3) is 1.00. The van der Waals surface area contributed by atoms with E-state index in [9.17, 15) is 0 Å². The van der Waals surface area contributed by atoms with Crippen molar-refractivity contribution in [3.05, 3.63) is 0 Å². The van der Waals surface area contributed by atoms with Gasteiger partial charge >= 0.3 is 0 Å². The smallest absolute Gasteiger partial charge is 0.287 e. The Morgan fingerprint density at radius 2 is 1.73 bits per heavy atom. The third-order valence-electron chi connectivity index (χ3n) is 1.30. The Bertz CT molecular complexity index is 119. The van der Waals surface area contributed by atoms with E-state index in [4.69, 9.17) is 0 Å². The van der Waals surface area contributed by atoms with Crippen molar-refractivity contribution >= 4 is 22.6 Å². The van der Waals surface area contributed by atoms with E-state index in [0.29, 0.717) is 5.41 Å². The van der Waals surface area contributed by atoms with E-state index in [2.05, 4.69) is 35.8 Å². The van der Waals surface area contributed by atoms with Gasteiger partial charge in [-0.05, 0) is 12.0 Å². The Labute approximate surface area is 71.2 Å². The van der Waals surface area contributed by atoms with E-state index < -0.39 is 0 Å². The number of nitrogens with zero attached hydrogens (tertiary/aromatic N) is 1. The molecule has 0 aromatic heterocycles. The van der Waals surface area contributed by atoms with Crippen LogP contribution in [0, 0.1) is 5.41 Å². The van der Waals surface area contributed by atoms with Crippen LogP contribution in [0.25, 0.3) is 0 Å². The van der Waals surface area contributed by atoms with Crippen LogP contribution in [-0.4, -0.2) is 33.9 Å². The van der Waals surface area contributed by atoms with Crippen LogP contribution in [0.2, 0.25) is 0 Å². The maximum Gasteiger partial charge on any atom is 0.287 e. The van der Waals surface area contributed by atoms with Crippen LogP contribution in [0.3, 0.4) is 0 Å². The van der Waals surface area contributed by atoms with E-state index in [1.54, 1.807) is 7.55 Å². The molecule has 3 nitrogen and oxygen atoms in total. The second-order valence-electron chi connectivity index (χ2n) is 3.97. The molecule has 11 heavy (non-hydrogen) atoms. The van der Waals surface area contributed by atoms with Gasteiger partial charge in [0.05, 0.1) is 0 Å². The van der Waals surface area contributed by atoms with Gasteiger partial charge in [-0.2, -0.15) is 0 Å². The number of hydrogen-bond donors (Lipinski definition) is 2. The number of nitrogens with one attached hydrogen (secondary N) is 2. The molecule has 1 aliphatic heterocycles. The normalized spacial score (nSPS) is 19.9. The van der Waals surface area contributed by atoms with Crippen LogP contribution in [0.15, 0.2) is 0 Å². The van der Waals surface area contributed by atoms with Crippen molar-refractivity contribution in [2.45, 2.75) is 20.8 Å². The second kappa shape index (κ2) is 3.65. The molecule has 0 saturated carbocycles. The molecule has 57 valence electrons. The second-order valence-corrected chi connectivity index (χ2v) is 3.97. The molecule has 0 amide bonds. The molecule has 1 aliphatic rings. The summed E-state index contributed by atoms with van der Waals surface area (Å²) in [4.78, 5) is 0. The molecule has 0 spiro atoms. The molecule has 1 fully saturated rings. The van der Waals surface area contributed by atoms with Gasteiger partial charge < -0.3 is 15.0 Å². The van der Waals surface area contributed by atoms with Gasteiger partial charge in [0.2, 0.25) is 0 Å². The van der Waals surface area contributed by atoms with Gasteiger partial charge in [-0.1, -0.05) is 20.8 Å². The largest absolute Gasteiger partial charge is 0.379 e. The lowest BCUT2D eigenvalue weighted by atomic mass is 9.78. The molecular weight excluding hydrogens is 135 g/mol. The van der Waals surface area contributed by atoms with E-state index in [0.717, 1.165) is 6.54 Å². The third-order valence-corrected chi connectivity index (χ3v) is 1.30. The molecule has 0 atom stereocenters. The van der Waals surface area contributed by atoms with Gasteiger partial charge in [0, 0.05) is 0 Å². The summed E-state index contributed by atoms with van der Waals surface area (Å²) >= 11 is 0. The quantitative estimate of drug-likeness (QED) is 0.473. The molecule has 0 unspecified atom stereocenters. The Hall–Kier alpha value is 0.0748. The van der Waals surface area contributed by atoms with Crippen molar-refractivity contribution in [3.63, 3.8) is 0 Å². The maximum atomic E-state index is 2.99. The summed E-state index contributed by atoms with van der Waals surface area (Å²) in [5.41, 5.74) is 0.327. The Kier molecular flexibility index (Phi) is 3.04. The highest BCUT2D eigenvalue weighted by Gasteiger charge is 2.19. The Morgan fingerprint density at radius 3 is 2.18 bits per heavy atom. The summed E-state index contributed by atoms with van der Waals surface area (Å²) in [7, 11) is 5.68. The summed E-state index contributed by atoms with van der Waals surface area (Å²) in [6, 6.07) is 0. The average molecular weight is 148 g/mol. The van der Waals surface area contributed by atoms with Crippen LogP contribution >= 0.6 is 0 Å². The highest BCUT2D eigenvalue weighted by Crippen LogP contribution is 2.13. The SMILES string of the molecule is CC(C)(C)CN1[B]N[B]N[B]1. The zero-order chi connectivity index (χ0) is 8.32. The summed E-state index contributed by atoms with van der Waals surface area (Å²) in [6.45, 7) is 7.66. The minimum Gasteiger partial charge on any atom is -0.379 e. The zero-order valence-electron chi connectivity index (χ0n) is 7.39. The summed E-state index contributed by atoms with van der Waals surface area (Å²) in [5.74, 6) is 0. The van der Waals surface area contributed by atoms with E-state index >= 15 is 0 Å². The van der Waals surface area contributed by atoms with Gasteiger partial charge in [-0.25, -0.2) is 0 Å². The van der Waals surface area contributed by atoms with Crippen molar-refractivity contribution in [2.24, 2.45) is 5.41 Å². The van der Waals surface area contributed by atoms with Crippen LogP contribution in [0.4, 0.5) is 0 Å². The van der Waals surface area contributed by atoms with E-state index in [-0.39, 0.29) is 0 Å². The molecule has 1 rings (SSSR count). The lowest BCUT2D eigenvalue weighted by Crippen LogP contribution is -2.59. The average Bonchev–Trinajstić information content (AvgIpc) is 1.85. The molecule has 3 radical (unpaired) electrons. The van der Waals surface area contributed by atoms with Crippen LogP contribution in [0.1, 0.15) is 20.8 Å². The maximum absolute atomic E-state index is 2.99. The first kappa shape index (κ1) is 9.17. The first-order valence-corrected chi connectivity index (χ1v) is 3.84. The fourth-order valence-electron chi connectivity index (χ4n) is 0.990. The first-order chi connectivity index (χ1) is 5.08. The molecule has 0 aliphatic carbocycles. The minimum atomic E-state index is 0.327. The Balaban J connectivity index is 2.24. The zero-order valence-corrected chi connectivity index (χ0v) is 7.39. The monoisotopic (exact) mass is 148 g/mol. The molecule has 6 heteroatoms. The van der Waals surface area contributed by atoms with E-state index in [1.807, 2.05) is 15.1 Å². The molecule has 0 bridgehead atoms. The van der Waals surface area contributed by atoms with Crippen LogP contribution in [0.5, 0.6) is 0 Å². The van der Waals surface area contributed by atoms with Crippen LogP contribution in [-0.2, 0) is 0 Å². The Morgan fingerprint density at radius 1 is 1.18 bits per heavy atom. The van der Waals surface area contributed by atoms with Crippen molar-refractivity contribution in [3.8, 4) is 0 Å². The predicted molar refractivity (Wildman–Crippen MR) is 49.7 cm³/mol. The van der Waals surface area contributed by atoms with Gasteiger partial charge in [0.1, 0.15) is 0 Å². The lowest BCUT2D eigenvalue weighted by molar-refractivity contribution is 0.354. The predicted octanol–water partition coefficient (Wildman–Crippen LogP) is -0.870. The molecule has 0 aromatic rings. The highest BCUT2D eigenvalue weighted by atomic mass is 15.1. The molecule has 1 heterocycles. The van der Waals surface area contributed by atoms with Crippen molar-refractivity contribution in [1.82, 2.24) is 15.0 Å². The molecule has 0 aromatic carbocycles. The molecular formula is C5H13B3N3. The van der Waals surface area contributed by atoms with Crippen LogP contribution < -0.4 is 10.3 Å². The summed E-state index contributed by atoms with van der Waals surface area (Å²) in [5, 5.41) is 5.98. The summed E-state index contributed by atoms with van der Waals surface area (Å²) in [6.07, 6.45) is 0. The molecule has 2 N–H and O–H groups in total. The standard InChI is InChI=1S/C5H13B3N3/c1-5(2,3)4-11-7-9-6-10-8-11/h9-10H,4H2,1-3H3. The lowest BCUT2D eigenvalue weighted by Gasteiger charge is -2.31. The van der Waals surface area contributed by atoms with Gasteiger partial charge in [0.15, 0.2) is 0 Å². The van der Waals surface area contributed by atoms with Gasteiger partial charge in [-0.15, -0.1) is 0 Å². The van der Waals surface area contributed by atoms with Gasteiger partial charge in [-0.3, -0.25) is 0 Å². The van der Waals surface area contributed by atoms with Crippen molar-refractivity contribution < 1.29 is 0 Å². The third kappa shape index (κ3) is 3.84. The highest BCUT2D eigenvalue weighted by molar-refractivity contribution is 6.65. The van der Waals surface area contributed by atoms with Gasteiger partial charge in [0.25, 0.3) is 22.6 Å².